The average molecular weight is 1240 g/mol. The highest BCUT2D eigenvalue weighted by Gasteiger charge is 2.42. The van der Waals surface area contributed by atoms with Gasteiger partial charge in [0.15, 0.2) is 23.0 Å². The summed E-state index contributed by atoms with van der Waals surface area (Å²) in [6, 6.07) is 0.413. The van der Waals surface area contributed by atoms with Crippen molar-refractivity contribution >= 4 is 47.7 Å². The zero-order valence-corrected chi connectivity index (χ0v) is 56.4. The van der Waals surface area contributed by atoms with Gasteiger partial charge in [-0.1, -0.05) is 123 Å². The lowest BCUT2D eigenvalue weighted by Gasteiger charge is -2.21. The maximum Gasteiger partial charge on any atom is 0.315 e. The van der Waals surface area contributed by atoms with E-state index in [1.807, 2.05) is 37.8 Å². The number of nitrogens with one attached hydrogen (secondary N) is 5. The number of carbonyl (C=O) groups is 4. The third-order valence-electron chi connectivity index (χ3n) is 16.4. The fraction of sp³-hybridized carbons (Fsp3) is 0.706. The minimum Gasteiger partial charge on any atom is -0.492 e. The summed E-state index contributed by atoms with van der Waals surface area (Å²) in [4.78, 5) is 50.7. The molecule has 0 aliphatic carbocycles. The molecule has 494 valence electrons. The molecule has 0 aromatic heterocycles. The van der Waals surface area contributed by atoms with Gasteiger partial charge in [0, 0.05) is 70.5 Å². The first-order chi connectivity index (χ1) is 42.3. The van der Waals surface area contributed by atoms with Crippen molar-refractivity contribution in [3.05, 3.63) is 33.4 Å². The van der Waals surface area contributed by atoms with Crippen molar-refractivity contribution < 1.29 is 57.1 Å². The Morgan fingerprint density at radius 3 is 1.25 bits per heavy atom. The maximum absolute atomic E-state index is 13.6. The van der Waals surface area contributed by atoms with E-state index in [-0.39, 0.29) is 35.8 Å². The quantitative estimate of drug-likeness (QED) is 0.0206. The highest BCUT2D eigenvalue weighted by atomic mass is 32.2. The Labute approximate surface area is 527 Å². The Morgan fingerprint density at radius 2 is 0.839 bits per heavy atom. The van der Waals surface area contributed by atoms with E-state index in [1.165, 1.54) is 64.2 Å². The first-order valence-electron chi connectivity index (χ1n) is 32.6. The maximum atomic E-state index is 13.6. The Bertz CT molecular complexity index is 2420. The predicted octanol–water partition coefficient (Wildman–Crippen LogP) is 13.3. The van der Waals surface area contributed by atoms with Crippen molar-refractivity contribution in [3.63, 3.8) is 0 Å². The van der Waals surface area contributed by atoms with Crippen LogP contribution in [-0.4, -0.2) is 130 Å². The molecule has 0 bridgehead atoms. The van der Waals surface area contributed by atoms with Crippen LogP contribution in [0.15, 0.2) is 11.1 Å². The van der Waals surface area contributed by atoms with Crippen molar-refractivity contribution in [3.8, 4) is 46.0 Å². The number of thioether (sulfide) groups is 1. The van der Waals surface area contributed by atoms with E-state index in [1.54, 1.807) is 56.9 Å². The van der Waals surface area contributed by atoms with Crippen molar-refractivity contribution in [2.45, 2.75) is 225 Å². The number of amides is 5. The molecule has 0 radical (unpaired) electrons. The second-order valence-corrected chi connectivity index (χ2v) is 24.0. The van der Waals surface area contributed by atoms with Crippen molar-refractivity contribution in [1.29, 1.82) is 0 Å². The lowest BCUT2D eigenvalue weighted by atomic mass is 9.98. The standard InChI is InChI=1S/C39H64N4O7S.C29H50N2O5/c1-7-8-9-10-11-12-15-20-28(25-29-27(2)34(47-3)36(49-5)37(50-6)35(29)48-4)38(45)41-24-19-14-13-18-23-40-32(44)22-17-16-21-31-33-30(26-51-31)42-39(46)43-33;1-7-8-9-10-11-12-15-18-23(29(32)31-20-17-14-13-16-19-30)21-24-22(2)25(33-3)27(35-5)28(36-6)26(24)34-4/h25,30-31,33H,7-24,26H2,1-6H3,(H,40,44)(H,41,45)(H2,42,43,46);21H,7-20,30H2,1-6H3,(H,31,32)/b28-25+;23-21+/t30?,31?,33-;/m0./s1. The van der Waals surface area contributed by atoms with Crippen molar-refractivity contribution in [1.82, 2.24) is 26.6 Å². The fourth-order valence-corrected chi connectivity index (χ4v) is 13.0. The molecule has 2 aromatic carbocycles. The van der Waals surface area contributed by atoms with Crippen LogP contribution in [0.3, 0.4) is 0 Å². The molecule has 2 heterocycles. The summed E-state index contributed by atoms with van der Waals surface area (Å²) >= 11 is 1.91. The van der Waals surface area contributed by atoms with Gasteiger partial charge in [0.05, 0.1) is 69.0 Å². The average Bonchev–Trinajstić information content (AvgIpc) is 3.80. The molecule has 7 N–H and O–H groups in total. The molecule has 18 nitrogen and oxygen atoms in total. The summed E-state index contributed by atoms with van der Waals surface area (Å²) in [6.45, 7) is 11.0. The van der Waals surface area contributed by atoms with Crippen LogP contribution in [0.25, 0.3) is 12.2 Å². The third kappa shape index (κ3) is 25.4. The van der Waals surface area contributed by atoms with Crippen LogP contribution in [0.4, 0.5) is 4.79 Å². The van der Waals surface area contributed by atoms with E-state index in [4.69, 9.17) is 43.6 Å². The van der Waals surface area contributed by atoms with Gasteiger partial charge in [0.25, 0.3) is 0 Å². The van der Waals surface area contributed by atoms with Crippen molar-refractivity contribution in [2.75, 3.05) is 88.8 Å². The first-order valence-corrected chi connectivity index (χ1v) is 33.7. The second-order valence-electron chi connectivity index (χ2n) is 22.8. The van der Waals surface area contributed by atoms with Crippen LogP contribution in [0.1, 0.15) is 216 Å². The number of rotatable bonds is 46. The summed E-state index contributed by atoms with van der Waals surface area (Å²) in [5.41, 5.74) is 10.2. The summed E-state index contributed by atoms with van der Waals surface area (Å²) in [5, 5.41) is 15.8. The molecule has 0 saturated carbocycles. The lowest BCUT2D eigenvalue weighted by molar-refractivity contribution is -0.121. The zero-order valence-electron chi connectivity index (χ0n) is 55.6. The number of hydrogen-bond donors (Lipinski definition) is 6. The molecule has 2 aromatic rings. The molecular formula is C68H114N6O12S. The summed E-state index contributed by atoms with van der Waals surface area (Å²) in [6.07, 6.45) is 33.0. The molecule has 2 aliphatic heterocycles. The van der Waals surface area contributed by atoms with Gasteiger partial charge in [-0.25, -0.2) is 4.79 Å². The van der Waals surface area contributed by atoms with Gasteiger partial charge >= 0.3 is 6.03 Å². The number of ether oxygens (including phenoxy) is 8. The van der Waals surface area contributed by atoms with Crippen LogP contribution in [0.2, 0.25) is 0 Å². The van der Waals surface area contributed by atoms with E-state index in [0.29, 0.717) is 102 Å². The minimum atomic E-state index is -0.0699. The molecule has 3 atom stereocenters. The van der Waals surface area contributed by atoms with Crippen LogP contribution in [0.5, 0.6) is 46.0 Å². The molecule has 0 spiro atoms. The Kier molecular flexibility index (Phi) is 38.8. The molecule has 4 rings (SSSR count). The van der Waals surface area contributed by atoms with Crippen LogP contribution in [-0.2, 0) is 14.4 Å². The minimum absolute atomic E-state index is 0.0324. The van der Waals surface area contributed by atoms with Gasteiger partial charge in [-0.15, -0.1) is 0 Å². The summed E-state index contributed by atoms with van der Waals surface area (Å²) in [5.74, 6) is 4.91. The number of carbonyl (C=O) groups excluding carboxylic acids is 4. The van der Waals surface area contributed by atoms with Gasteiger partial charge < -0.3 is 70.2 Å². The number of unbranched alkanes of at least 4 members (excludes halogenated alkanes) is 19. The van der Waals surface area contributed by atoms with E-state index in [0.717, 1.165) is 130 Å². The molecule has 2 fully saturated rings. The largest absolute Gasteiger partial charge is 0.492 e. The van der Waals surface area contributed by atoms with E-state index in [2.05, 4.69) is 40.4 Å². The van der Waals surface area contributed by atoms with Gasteiger partial charge in [-0.2, -0.15) is 11.8 Å². The molecule has 2 saturated heterocycles. The van der Waals surface area contributed by atoms with E-state index >= 15 is 0 Å². The Morgan fingerprint density at radius 1 is 0.471 bits per heavy atom. The molecule has 87 heavy (non-hydrogen) atoms. The summed E-state index contributed by atoms with van der Waals surface area (Å²) in [7, 11) is 12.6. The predicted molar refractivity (Wildman–Crippen MR) is 355 cm³/mol. The molecule has 5 amide bonds. The van der Waals surface area contributed by atoms with Crippen molar-refractivity contribution in [2.24, 2.45) is 5.73 Å². The lowest BCUT2D eigenvalue weighted by Crippen LogP contribution is -2.36. The monoisotopic (exact) mass is 1240 g/mol. The van der Waals surface area contributed by atoms with Gasteiger partial charge in [0.2, 0.25) is 40.7 Å². The number of nitrogens with two attached hydrogens (primary N) is 1. The van der Waals surface area contributed by atoms with Crippen LogP contribution < -0.4 is 70.2 Å². The molecule has 19 heteroatoms. The normalized spacial score (nSPS) is 15.3. The highest BCUT2D eigenvalue weighted by Crippen LogP contribution is 2.51. The molecule has 2 unspecified atom stereocenters. The number of urea groups is 1. The number of hydrogen-bond acceptors (Lipinski definition) is 14. The van der Waals surface area contributed by atoms with Crippen LogP contribution in [0, 0.1) is 13.8 Å². The third-order valence-corrected chi connectivity index (χ3v) is 17.9. The smallest absolute Gasteiger partial charge is 0.315 e. The van der Waals surface area contributed by atoms with E-state index in [9.17, 15) is 19.2 Å². The van der Waals surface area contributed by atoms with Gasteiger partial charge in [-0.05, 0) is 96.8 Å². The topological polar surface area (TPSA) is 228 Å². The highest BCUT2D eigenvalue weighted by molar-refractivity contribution is 8.00. The number of fused-ring (bicyclic) bond motifs is 1. The number of methoxy groups -OCH3 is 8. The number of benzene rings is 2. The Balaban J connectivity index is 0.000000485. The first kappa shape index (κ1) is 75.6. The van der Waals surface area contributed by atoms with Gasteiger partial charge in [0.1, 0.15) is 0 Å². The Hall–Kier alpha value is -5.69. The van der Waals surface area contributed by atoms with Gasteiger partial charge in [-0.3, -0.25) is 14.4 Å². The fourth-order valence-electron chi connectivity index (χ4n) is 11.4. The summed E-state index contributed by atoms with van der Waals surface area (Å²) < 4.78 is 45.4. The molecule has 2 aliphatic rings. The molecular weight excluding hydrogens is 1120 g/mol. The SMILES string of the molecule is CCCCCCCCC/C(=C\c1c(C)c(OC)c(OC)c(OC)c1OC)C(=O)NCCCCCCN.CCCCCCCCC/C(=C\c1c(C)c(OC)c(OC)c(OC)c1OC)C(=O)NCCCCCCNC(=O)CCCCC1SCC2NC(=O)N[C@@H]21. The van der Waals surface area contributed by atoms with E-state index < -0.39 is 0 Å². The zero-order chi connectivity index (χ0) is 63.8. The second kappa shape index (κ2) is 44.7. The van der Waals surface area contributed by atoms with Crippen LogP contribution >= 0.6 is 11.8 Å².